The highest BCUT2D eigenvalue weighted by Crippen LogP contribution is 2.29. The van der Waals surface area contributed by atoms with Gasteiger partial charge in [0, 0.05) is 43.0 Å². The van der Waals surface area contributed by atoms with Crippen LogP contribution < -0.4 is 4.90 Å². The average Bonchev–Trinajstić information content (AvgIpc) is 2.64. The molecule has 0 radical (unpaired) electrons. The highest BCUT2D eigenvalue weighted by molar-refractivity contribution is 6.31. The minimum atomic E-state index is -4.52. The molecule has 0 N–H and O–H groups in total. The van der Waals surface area contributed by atoms with Gasteiger partial charge in [0.2, 0.25) is 5.95 Å². The molecule has 2 aromatic rings. The number of nitrogens with zero attached hydrogens (tertiary/aromatic N) is 4. The molecule has 0 bridgehead atoms. The summed E-state index contributed by atoms with van der Waals surface area (Å²) in [5.41, 5.74) is -0.539. The van der Waals surface area contributed by atoms with Crippen LogP contribution in [0.25, 0.3) is 0 Å². The Bertz CT molecular complexity index is 779. The molecule has 27 heavy (non-hydrogen) atoms. The summed E-state index contributed by atoms with van der Waals surface area (Å²) in [6.45, 7) is 1.67. The van der Waals surface area contributed by atoms with E-state index in [1.165, 1.54) is 6.07 Å². The van der Waals surface area contributed by atoms with Gasteiger partial charge in [-0.25, -0.2) is 14.4 Å². The van der Waals surface area contributed by atoms with Crippen LogP contribution in [0, 0.1) is 5.82 Å². The Hall–Kier alpha value is -1.93. The number of hydrogen-bond donors (Lipinski definition) is 0. The van der Waals surface area contributed by atoms with E-state index in [0.717, 1.165) is 31.6 Å². The van der Waals surface area contributed by atoms with E-state index in [1.54, 1.807) is 24.1 Å². The van der Waals surface area contributed by atoms with Crippen LogP contribution in [-0.2, 0) is 12.7 Å². The predicted molar refractivity (Wildman–Crippen MR) is 95.1 cm³/mol. The molecule has 3 rings (SSSR count). The van der Waals surface area contributed by atoms with Crippen LogP contribution in [0.3, 0.4) is 0 Å². The number of likely N-dealkylation sites (N-methyl/N-ethyl adjacent to an activating group) is 1. The average molecular weight is 403 g/mol. The molecule has 1 fully saturated rings. The van der Waals surface area contributed by atoms with Gasteiger partial charge in [-0.05, 0) is 37.6 Å². The van der Waals surface area contributed by atoms with Gasteiger partial charge in [0.25, 0.3) is 0 Å². The first-order chi connectivity index (χ1) is 12.8. The Labute approximate surface area is 159 Å². The second-order valence-electron chi connectivity index (χ2n) is 6.58. The lowest BCUT2D eigenvalue weighted by Gasteiger charge is -2.37. The SMILES string of the molecule is CN(c1nccc(C(F)(F)F)n1)C1CCCN(Cc2c(F)cccc2Cl)C1. The number of likely N-dealkylation sites (tertiary alicyclic amines) is 1. The van der Waals surface area contributed by atoms with E-state index in [2.05, 4.69) is 9.97 Å². The van der Waals surface area contributed by atoms with Crippen molar-refractivity contribution in [3.8, 4) is 0 Å². The second-order valence-corrected chi connectivity index (χ2v) is 6.99. The third-order valence-corrected chi connectivity index (χ3v) is 5.07. The topological polar surface area (TPSA) is 32.3 Å². The summed E-state index contributed by atoms with van der Waals surface area (Å²) in [5.74, 6) is -0.334. The van der Waals surface area contributed by atoms with Gasteiger partial charge in [-0.15, -0.1) is 0 Å². The Morgan fingerprint density at radius 2 is 2.07 bits per heavy atom. The van der Waals surface area contributed by atoms with E-state index in [0.29, 0.717) is 23.7 Å². The van der Waals surface area contributed by atoms with Gasteiger partial charge in [-0.1, -0.05) is 17.7 Å². The maximum atomic E-state index is 14.0. The molecule has 0 amide bonds. The summed E-state index contributed by atoms with van der Waals surface area (Å²) in [4.78, 5) is 11.3. The summed E-state index contributed by atoms with van der Waals surface area (Å²) >= 11 is 6.10. The molecular weight excluding hydrogens is 384 g/mol. The second kappa shape index (κ2) is 7.98. The number of benzene rings is 1. The van der Waals surface area contributed by atoms with Gasteiger partial charge < -0.3 is 4.90 Å². The fourth-order valence-corrected chi connectivity index (χ4v) is 3.46. The van der Waals surface area contributed by atoms with Crippen LogP contribution in [-0.4, -0.2) is 41.0 Å². The van der Waals surface area contributed by atoms with Crippen molar-refractivity contribution in [2.75, 3.05) is 25.0 Å². The minimum absolute atomic E-state index is 0.0283. The molecule has 0 spiro atoms. The lowest BCUT2D eigenvalue weighted by Crippen LogP contribution is -2.47. The van der Waals surface area contributed by atoms with Crippen LogP contribution >= 0.6 is 11.6 Å². The molecule has 0 aliphatic carbocycles. The fraction of sp³-hybridized carbons (Fsp3) is 0.444. The maximum Gasteiger partial charge on any atom is 0.433 e. The zero-order valence-corrected chi connectivity index (χ0v) is 15.4. The van der Waals surface area contributed by atoms with E-state index in [-0.39, 0.29) is 17.8 Å². The largest absolute Gasteiger partial charge is 0.433 e. The Balaban J connectivity index is 1.72. The Morgan fingerprint density at radius 3 is 2.78 bits per heavy atom. The van der Waals surface area contributed by atoms with Crippen molar-refractivity contribution in [3.05, 3.63) is 52.6 Å². The number of hydrogen-bond acceptors (Lipinski definition) is 4. The van der Waals surface area contributed by atoms with Crippen molar-refractivity contribution in [2.45, 2.75) is 31.6 Å². The standard InChI is InChI=1S/C18H19ClF4N4/c1-26(17-24-8-7-16(25-17)18(21,22)23)12-4-3-9-27(10-12)11-13-14(19)5-2-6-15(13)20/h2,5-8,12H,3-4,9-11H2,1H3. The number of alkyl halides is 3. The molecule has 146 valence electrons. The van der Waals surface area contributed by atoms with Gasteiger partial charge in [-0.3, -0.25) is 4.90 Å². The van der Waals surface area contributed by atoms with Gasteiger partial charge in [0.1, 0.15) is 11.5 Å². The number of piperidine rings is 1. The first-order valence-electron chi connectivity index (χ1n) is 8.54. The Morgan fingerprint density at radius 1 is 1.30 bits per heavy atom. The molecule has 9 heteroatoms. The van der Waals surface area contributed by atoms with Crippen LogP contribution in [0.1, 0.15) is 24.1 Å². The summed E-state index contributed by atoms with van der Waals surface area (Å²) in [6, 6.07) is 5.34. The van der Waals surface area contributed by atoms with Crippen LogP contribution in [0.4, 0.5) is 23.5 Å². The van der Waals surface area contributed by atoms with Gasteiger partial charge >= 0.3 is 6.18 Å². The van der Waals surface area contributed by atoms with Crippen molar-refractivity contribution in [1.29, 1.82) is 0 Å². The first-order valence-corrected chi connectivity index (χ1v) is 8.92. The fourth-order valence-electron chi connectivity index (χ4n) is 3.24. The monoisotopic (exact) mass is 402 g/mol. The maximum absolute atomic E-state index is 14.0. The minimum Gasteiger partial charge on any atom is -0.340 e. The molecule has 1 aliphatic rings. The van der Waals surface area contributed by atoms with E-state index >= 15 is 0 Å². The third kappa shape index (κ3) is 4.68. The summed E-state index contributed by atoms with van der Waals surface area (Å²) < 4.78 is 52.7. The lowest BCUT2D eigenvalue weighted by atomic mass is 10.0. The third-order valence-electron chi connectivity index (χ3n) is 4.72. The van der Waals surface area contributed by atoms with E-state index < -0.39 is 11.9 Å². The van der Waals surface area contributed by atoms with Crippen molar-refractivity contribution >= 4 is 17.5 Å². The molecule has 1 unspecified atom stereocenters. The number of rotatable bonds is 4. The summed E-state index contributed by atoms with van der Waals surface area (Å²) in [6.07, 6.45) is -1.78. The molecule has 0 saturated carbocycles. The van der Waals surface area contributed by atoms with Crippen molar-refractivity contribution < 1.29 is 17.6 Å². The first kappa shape index (κ1) is 19.8. The van der Waals surface area contributed by atoms with Crippen molar-refractivity contribution in [1.82, 2.24) is 14.9 Å². The van der Waals surface area contributed by atoms with Gasteiger partial charge in [-0.2, -0.15) is 13.2 Å². The predicted octanol–water partition coefficient (Wildman–Crippen LogP) is 4.39. The number of anilines is 1. The smallest absolute Gasteiger partial charge is 0.340 e. The van der Waals surface area contributed by atoms with Crippen molar-refractivity contribution in [3.63, 3.8) is 0 Å². The zero-order chi connectivity index (χ0) is 19.6. The highest BCUT2D eigenvalue weighted by Gasteiger charge is 2.34. The number of halogens is 5. The van der Waals surface area contributed by atoms with Crippen LogP contribution in [0.15, 0.2) is 30.5 Å². The van der Waals surface area contributed by atoms with E-state index in [9.17, 15) is 17.6 Å². The molecule has 1 aromatic heterocycles. The van der Waals surface area contributed by atoms with Crippen molar-refractivity contribution in [2.24, 2.45) is 0 Å². The molecule has 1 saturated heterocycles. The van der Waals surface area contributed by atoms with E-state index in [4.69, 9.17) is 11.6 Å². The summed E-state index contributed by atoms with van der Waals surface area (Å²) in [7, 11) is 1.68. The Kier molecular flexibility index (Phi) is 5.86. The van der Waals surface area contributed by atoms with Gasteiger partial charge in [0.15, 0.2) is 0 Å². The zero-order valence-electron chi connectivity index (χ0n) is 14.7. The highest BCUT2D eigenvalue weighted by atomic mass is 35.5. The number of aromatic nitrogens is 2. The lowest BCUT2D eigenvalue weighted by molar-refractivity contribution is -0.141. The van der Waals surface area contributed by atoms with Gasteiger partial charge in [0.05, 0.1) is 0 Å². The molecule has 1 aromatic carbocycles. The van der Waals surface area contributed by atoms with E-state index in [1.807, 2.05) is 4.90 Å². The van der Waals surface area contributed by atoms with Crippen LogP contribution in [0.5, 0.6) is 0 Å². The normalized spacial score (nSPS) is 18.5. The molecule has 4 nitrogen and oxygen atoms in total. The molecule has 1 aliphatic heterocycles. The summed E-state index contributed by atoms with van der Waals surface area (Å²) in [5, 5.41) is 0.367. The quantitative estimate of drug-likeness (QED) is 0.710. The molecule has 1 atom stereocenters. The molecular formula is C18H19ClF4N4. The van der Waals surface area contributed by atoms with Crippen LogP contribution in [0.2, 0.25) is 5.02 Å². The molecule has 2 heterocycles.